The van der Waals surface area contributed by atoms with Gasteiger partial charge in [0.15, 0.2) is 4.96 Å². The van der Waals surface area contributed by atoms with Gasteiger partial charge in [0, 0.05) is 23.7 Å². The van der Waals surface area contributed by atoms with E-state index in [1.807, 2.05) is 19.9 Å². The van der Waals surface area contributed by atoms with Crippen molar-refractivity contribution in [2.45, 2.75) is 33.4 Å². The zero-order chi connectivity index (χ0) is 15.0. The van der Waals surface area contributed by atoms with E-state index in [1.54, 1.807) is 23.5 Å². The first-order chi connectivity index (χ1) is 10.1. The Morgan fingerprint density at radius 2 is 2.19 bits per heavy atom. The van der Waals surface area contributed by atoms with Crippen molar-refractivity contribution >= 4 is 16.3 Å². The van der Waals surface area contributed by atoms with Crippen LogP contribution in [0.15, 0.2) is 29.6 Å². The largest absolute Gasteiger partial charge is 0.305 e. The Morgan fingerprint density at radius 1 is 1.38 bits per heavy atom. The Kier molecular flexibility index (Phi) is 3.78. The van der Waals surface area contributed by atoms with Gasteiger partial charge in [-0.2, -0.15) is 0 Å². The van der Waals surface area contributed by atoms with Crippen molar-refractivity contribution in [2.24, 2.45) is 0 Å². The number of hydrogen-bond acceptors (Lipinski definition) is 3. The molecule has 0 saturated carbocycles. The predicted molar refractivity (Wildman–Crippen MR) is 84.2 cm³/mol. The van der Waals surface area contributed by atoms with Crippen LogP contribution in [-0.2, 0) is 6.54 Å². The van der Waals surface area contributed by atoms with E-state index in [0.29, 0.717) is 6.54 Å². The van der Waals surface area contributed by atoms with E-state index in [-0.39, 0.29) is 11.9 Å². The highest BCUT2D eigenvalue weighted by molar-refractivity contribution is 7.15. The molecule has 21 heavy (non-hydrogen) atoms. The Hall–Kier alpha value is -1.72. The third-order valence-corrected chi connectivity index (χ3v) is 4.70. The highest BCUT2D eigenvalue weighted by Crippen LogP contribution is 2.21. The maximum Gasteiger partial charge on any atom is 0.194 e. The second-order valence-corrected chi connectivity index (χ2v) is 6.13. The topological polar surface area (TPSA) is 29.3 Å². The predicted octanol–water partition coefficient (Wildman–Crippen LogP) is 4.00. The Balaban J connectivity index is 1.80. The second-order valence-electron chi connectivity index (χ2n) is 5.30. The molecule has 0 saturated heterocycles. The van der Waals surface area contributed by atoms with Crippen LogP contribution in [0.4, 0.5) is 4.39 Å². The molecule has 110 valence electrons. The van der Waals surface area contributed by atoms with E-state index in [4.69, 9.17) is 0 Å². The summed E-state index contributed by atoms with van der Waals surface area (Å²) in [5.74, 6) is -0.197. The van der Waals surface area contributed by atoms with Gasteiger partial charge in [-0.15, -0.1) is 11.3 Å². The minimum Gasteiger partial charge on any atom is -0.305 e. The lowest BCUT2D eigenvalue weighted by atomic mass is 10.1. The van der Waals surface area contributed by atoms with Crippen LogP contribution in [-0.4, -0.2) is 9.38 Å². The van der Waals surface area contributed by atoms with Gasteiger partial charge >= 0.3 is 0 Å². The van der Waals surface area contributed by atoms with Crippen molar-refractivity contribution in [3.8, 4) is 0 Å². The zero-order valence-corrected chi connectivity index (χ0v) is 13.2. The van der Waals surface area contributed by atoms with Crippen LogP contribution in [0.2, 0.25) is 0 Å². The average molecular weight is 303 g/mol. The molecule has 0 spiro atoms. The number of aryl methyl sites for hydroxylation is 2. The van der Waals surface area contributed by atoms with Gasteiger partial charge in [-0.25, -0.2) is 9.37 Å². The van der Waals surface area contributed by atoms with Gasteiger partial charge in [-0.05, 0) is 38.5 Å². The fraction of sp³-hybridized carbons (Fsp3) is 0.312. The number of nitrogens with one attached hydrogen (secondary N) is 1. The number of thiazole rings is 1. The molecule has 0 fully saturated rings. The first-order valence-electron chi connectivity index (χ1n) is 6.97. The summed E-state index contributed by atoms with van der Waals surface area (Å²) < 4.78 is 15.5. The van der Waals surface area contributed by atoms with Crippen LogP contribution in [0.25, 0.3) is 4.96 Å². The van der Waals surface area contributed by atoms with Gasteiger partial charge in [-0.1, -0.05) is 12.1 Å². The maximum atomic E-state index is 13.3. The summed E-state index contributed by atoms with van der Waals surface area (Å²) in [6.07, 6.45) is 0. The Labute approximate surface area is 127 Å². The van der Waals surface area contributed by atoms with Crippen LogP contribution in [0.1, 0.15) is 35.6 Å². The zero-order valence-electron chi connectivity index (χ0n) is 12.4. The summed E-state index contributed by atoms with van der Waals surface area (Å²) in [6, 6.07) is 6.82. The van der Waals surface area contributed by atoms with E-state index in [1.165, 1.54) is 17.5 Å². The molecule has 0 bridgehead atoms. The molecule has 5 heteroatoms. The summed E-state index contributed by atoms with van der Waals surface area (Å²) in [7, 11) is 0. The van der Waals surface area contributed by atoms with Crippen LogP contribution in [0.5, 0.6) is 0 Å². The SMILES string of the molecule is Cc1nc2scc(C)n2c1CN[C@@H](C)c1cccc(F)c1. The van der Waals surface area contributed by atoms with Crippen LogP contribution >= 0.6 is 11.3 Å². The minimum atomic E-state index is -0.197. The van der Waals surface area contributed by atoms with Crippen LogP contribution < -0.4 is 5.32 Å². The first kappa shape index (κ1) is 14.2. The van der Waals surface area contributed by atoms with Gasteiger partial charge in [0.25, 0.3) is 0 Å². The third kappa shape index (κ3) is 2.71. The number of benzene rings is 1. The first-order valence-corrected chi connectivity index (χ1v) is 7.85. The quantitative estimate of drug-likeness (QED) is 0.789. The fourth-order valence-electron chi connectivity index (χ4n) is 2.52. The van der Waals surface area contributed by atoms with Gasteiger partial charge in [0.2, 0.25) is 0 Å². The maximum absolute atomic E-state index is 13.3. The van der Waals surface area contributed by atoms with Gasteiger partial charge in [0.1, 0.15) is 5.82 Å². The summed E-state index contributed by atoms with van der Waals surface area (Å²) >= 11 is 1.66. The lowest BCUT2D eigenvalue weighted by Gasteiger charge is -2.14. The van der Waals surface area contributed by atoms with Crippen LogP contribution in [0, 0.1) is 19.7 Å². The highest BCUT2D eigenvalue weighted by Gasteiger charge is 2.13. The van der Waals surface area contributed by atoms with Gasteiger partial charge < -0.3 is 5.32 Å². The van der Waals surface area contributed by atoms with Crippen molar-refractivity contribution in [2.75, 3.05) is 0 Å². The molecule has 1 aromatic carbocycles. The number of nitrogens with zero attached hydrogens (tertiary/aromatic N) is 2. The van der Waals surface area contributed by atoms with Crippen molar-refractivity contribution in [3.63, 3.8) is 0 Å². The van der Waals surface area contributed by atoms with Crippen molar-refractivity contribution in [3.05, 3.63) is 58.1 Å². The number of imidazole rings is 1. The standard InChI is InChI=1S/C16H18FN3S/c1-10-9-21-16-19-12(3)15(20(10)16)8-18-11(2)13-5-4-6-14(17)7-13/h4-7,9,11,18H,8H2,1-3H3/t11-/m0/s1. The van der Waals surface area contributed by atoms with E-state index >= 15 is 0 Å². The number of aromatic nitrogens is 2. The third-order valence-electron chi connectivity index (χ3n) is 3.75. The van der Waals surface area contributed by atoms with Gasteiger partial charge in [-0.3, -0.25) is 4.40 Å². The molecule has 0 aliphatic carbocycles. The number of fused-ring (bicyclic) bond motifs is 1. The normalized spacial score (nSPS) is 13.0. The number of rotatable bonds is 4. The highest BCUT2D eigenvalue weighted by atomic mass is 32.1. The number of halogens is 1. The number of hydrogen-bond donors (Lipinski definition) is 1. The second kappa shape index (κ2) is 5.58. The average Bonchev–Trinajstić information content (AvgIpc) is 2.96. The summed E-state index contributed by atoms with van der Waals surface area (Å²) in [4.78, 5) is 5.61. The minimum absolute atomic E-state index is 0.0876. The fourth-order valence-corrected chi connectivity index (χ4v) is 3.45. The molecular formula is C16H18FN3S. The van der Waals surface area contributed by atoms with E-state index in [2.05, 4.69) is 27.0 Å². The van der Waals surface area contributed by atoms with Crippen molar-refractivity contribution in [1.82, 2.24) is 14.7 Å². The van der Waals surface area contributed by atoms with Crippen molar-refractivity contribution < 1.29 is 4.39 Å². The summed E-state index contributed by atoms with van der Waals surface area (Å²) in [5.41, 5.74) is 4.37. The van der Waals surface area contributed by atoms with E-state index in [9.17, 15) is 4.39 Å². The van der Waals surface area contributed by atoms with E-state index in [0.717, 1.165) is 16.2 Å². The molecule has 1 atom stereocenters. The summed E-state index contributed by atoms with van der Waals surface area (Å²) in [6.45, 7) is 6.87. The Morgan fingerprint density at radius 3 is 2.95 bits per heavy atom. The van der Waals surface area contributed by atoms with E-state index < -0.39 is 0 Å². The lowest BCUT2D eigenvalue weighted by molar-refractivity contribution is 0.556. The molecule has 3 aromatic rings. The lowest BCUT2D eigenvalue weighted by Crippen LogP contribution is -2.19. The molecule has 0 amide bonds. The molecule has 0 radical (unpaired) electrons. The van der Waals surface area contributed by atoms with Gasteiger partial charge in [0.05, 0.1) is 11.4 Å². The molecular weight excluding hydrogens is 285 g/mol. The summed E-state index contributed by atoms with van der Waals surface area (Å²) in [5, 5.41) is 5.57. The molecule has 0 aliphatic heterocycles. The molecule has 1 N–H and O–H groups in total. The smallest absolute Gasteiger partial charge is 0.194 e. The molecule has 3 rings (SSSR count). The van der Waals surface area contributed by atoms with Crippen LogP contribution in [0.3, 0.4) is 0 Å². The van der Waals surface area contributed by atoms with Crippen molar-refractivity contribution in [1.29, 1.82) is 0 Å². The monoisotopic (exact) mass is 303 g/mol. The molecule has 3 nitrogen and oxygen atoms in total. The molecule has 0 unspecified atom stereocenters. The molecule has 2 heterocycles. The Bertz CT molecular complexity index is 775. The molecule has 2 aromatic heterocycles. The molecule has 0 aliphatic rings.